The average Bonchev–Trinajstić information content (AvgIpc) is 2.79. The third kappa shape index (κ3) is 5.66. The number of rotatable bonds is 6. The Hall–Kier alpha value is -4.19. The van der Waals surface area contributed by atoms with Crippen LogP contribution >= 0.6 is 0 Å². The van der Waals surface area contributed by atoms with Crippen LogP contribution in [0.3, 0.4) is 0 Å². The summed E-state index contributed by atoms with van der Waals surface area (Å²) in [5, 5.41) is 5.27. The lowest BCUT2D eigenvalue weighted by Gasteiger charge is -2.15. The summed E-state index contributed by atoms with van der Waals surface area (Å²) in [5.74, 6) is -0.594. The molecule has 0 unspecified atom stereocenters. The molecule has 4 rings (SSSR count). The molecule has 1 heterocycles. The zero-order valence-electron chi connectivity index (χ0n) is 18.1. The van der Waals surface area contributed by atoms with Crippen molar-refractivity contribution in [2.75, 3.05) is 15.4 Å². The minimum absolute atomic E-state index is 0.0458. The Morgan fingerprint density at radius 2 is 1.46 bits per heavy atom. The topological polar surface area (TPSA) is 113 Å². The molecule has 0 bridgehead atoms. The summed E-state index contributed by atoms with van der Waals surface area (Å²) in [6.07, 6.45) is -4.55. The molecule has 3 aromatic carbocycles. The second kappa shape index (κ2) is 9.22. The number of halogens is 3. The second-order valence-electron chi connectivity index (χ2n) is 7.42. The van der Waals surface area contributed by atoms with Gasteiger partial charge in [-0.1, -0.05) is 18.2 Å². The van der Waals surface area contributed by atoms with Gasteiger partial charge in [-0.25, -0.2) is 18.4 Å². The molecule has 0 saturated heterocycles. The fourth-order valence-corrected chi connectivity index (χ4v) is 4.18. The molecule has 0 aliphatic heterocycles. The van der Waals surface area contributed by atoms with E-state index in [2.05, 4.69) is 25.3 Å². The van der Waals surface area contributed by atoms with E-state index >= 15 is 0 Å². The van der Waals surface area contributed by atoms with E-state index in [1.165, 1.54) is 43.3 Å². The Bertz CT molecular complexity index is 1510. The standard InChI is InChI=1S/C23H18F3N5O3S/c1-14(32)27-16-9-11-18(12-10-16)35(33,34)31-22-21(29-19-7-2-3-8-20(19)30-22)28-17-6-4-5-15(13-17)23(24,25)26/h2-13H,1H3,(H,27,32)(H,28,29)(H,30,31). The van der Waals surface area contributed by atoms with Gasteiger partial charge in [0.1, 0.15) is 0 Å². The Morgan fingerprint density at radius 3 is 2.06 bits per heavy atom. The number of nitrogens with one attached hydrogen (secondary N) is 3. The van der Waals surface area contributed by atoms with Crippen molar-refractivity contribution in [2.45, 2.75) is 18.0 Å². The number of hydrogen-bond donors (Lipinski definition) is 3. The maximum atomic E-state index is 13.1. The molecule has 1 aromatic heterocycles. The van der Waals surface area contributed by atoms with Crippen LogP contribution < -0.4 is 15.4 Å². The van der Waals surface area contributed by atoms with Crippen LogP contribution in [0.2, 0.25) is 0 Å². The molecule has 0 radical (unpaired) electrons. The molecule has 1 amide bonds. The van der Waals surface area contributed by atoms with E-state index < -0.39 is 21.8 Å². The number of alkyl halides is 3. The van der Waals surface area contributed by atoms with E-state index in [1.54, 1.807) is 24.3 Å². The van der Waals surface area contributed by atoms with Gasteiger partial charge in [0.2, 0.25) is 5.91 Å². The molecule has 0 saturated carbocycles. The smallest absolute Gasteiger partial charge is 0.337 e. The zero-order valence-corrected chi connectivity index (χ0v) is 18.9. The van der Waals surface area contributed by atoms with E-state index in [4.69, 9.17) is 0 Å². The quantitative estimate of drug-likeness (QED) is 0.337. The van der Waals surface area contributed by atoms with Gasteiger partial charge < -0.3 is 10.6 Å². The van der Waals surface area contributed by atoms with Crippen LogP contribution in [0.25, 0.3) is 11.0 Å². The average molecular weight is 501 g/mol. The molecular formula is C23H18F3N5O3S. The second-order valence-corrected chi connectivity index (χ2v) is 9.11. The van der Waals surface area contributed by atoms with Gasteiger partial charge >= 0.3 is 6.18 Å². The summed E-state index contributed by atoms with van der Waals surface area (Å²) < 4.78 is 67.8. The van der Waals surface area contributed by atoms with Crippen LogP contribution in [0.5, 0.6) is 0 Å². The van der Waals surface area contributed by atoms with Crippen LogP contribution in [0, 0.1) is 0 Å². The molecular weight excluding hydrogens is 483 g/mol. The monoisotopic (exact) mass is 501 g/mol. The third-order valence-electron chi connectivity index (χ3n) is 4.74. The number of fused-ring (bicyclic) bond motifs is 1. The van der Waals surface area contributed by atoms with Crippen LogP contribution in [0.15, 0.2) is 77.7 Å². The number of amides is 1. The van der Waals surface area contributed by atoms with E-state index in [0.717, 1.165) is 12.1 Å². The van der Waals surface area contributed by atoms with Crippen molar-refractivity contribution < 1.29 is 26.4 Å². The normalized spacial score (nSPS) is 11.8. The van der Waals surface area contributed by atoms with Gasteiger partial charge in [0.05, 0.1) is 21.5 Å². The van der Waals surface area contributed by atoms with E-state index in [-0.39, 0.29) is 28.1 Å². The van der Waals surface area contributed by atoms with Crippen molar-refractivity contribution in [2.24, 2.45) is 0 Å². The Kier molecular flexibility index (Phi) is 6.31. The fourth-order valence-electron chi connectivity index (χ4n) is 3.18. The lowest BCUT2D eigenvalue weighted by Crippen LogP contribution is -2.16. The largest absolute Gasteiger partial charge is 0.416 e. The molecule has 0 aliphatic rings. The molecule has 0 spiro atoms. The van der Waals surface area contributed by atoms with Crippen LogP contribution in [-0.2, 0) is 21.0 Å². The van der Waals surface area contributed by atoms with Crippen molar-refractivity contribution in [3.05, 3.63) is 78.4 Å². The Balaban J connectivity index is 1.71. The van der Waals surface area contributed by atoms with Crippen LogP contribution in [0.1, 0.15) is 12.5 Å². The number of benzene rings is 3. The number of anilines is 4. The molecule has 3 N–H and O–H groups in total. The van der Waals surface area contributed by atoms with Gasteiger partial charge in [0, 0.05) is 18.3 Å². The molecule has 35 heavy (non-hydrogen) atoms. The number of sulfonamides is 1. The third-order valence-corrected chi connectivity index (χ3v) is 6.09. The van der Waals surface area contributed by atoms with Crippen molar-refractivity contribution in [1.29, 1.82) is 0 Å². The molecule has 0 fully saturated rings. The summed E-state index contributed by atoms with van der Waals surface area (Å²) in [5.41, 5.74) is 0.362. The van der Waals surface area contributed by atoms with Gasteiger partial charge in [0.25, 0.3) is 10.0 Å². The molecule has 0 atom stereocenters. The lowest BCUT2D eigenvalue weighted by molar-refractivity contribution is -0.137. The maximum Gasteiger partial charge on any atom is 0.416 e. The van der Waals surface area contributed by atoms with E-state index in [0.29, 0.717) is 16.7 Å². The van der Waals surface area contributed by atoms with Crippen molar-refractivity contribution >= 4 is 50.0 Å². The summed E-state index contributed by atoms with van der Waals surface area (Å²) in [6, 6.07) is 16.5. The first kappa shape index (κ1) is 24.0. The first-order valence-corrected chi connectivity index (χ1v) is 11.6. The summed E-state index contributed by atoms with van der Waals surface area (Å²) in [7, 11) is -4.16. The maximum absolute atomic E-state index is 13.1. The van der Waals surface area contributed by atoms with Gasteiger partial charge in [-0.3, -0.25) is 9.52 Å². The highest BCUT2D eigenvalue weighted by atomic mass is 32.2. The number of para-hydroxylation sites is 2. The molecule has 0 aliphatic carbocycles. The highest BCUT2D eigenvalue weighted by Crippen LogP contribution is 2.33. The Morgan fingerprint density at radius 1 is 0.829 bits per heavy atom. The number of nitrogens with zero attached hydrogens (tertiary/aromatic N) is 2. The van der Waals surface area contributed by atoms with Crippen LogP contribution in [0.4, 0.5) is 36.2 Å². The number of hydrogen-bond acceptors (Lipinski definition) is 6. The van der Waals surface area contributed by atoms with Crippen molar-refractivity contribution in [3.8, 4) is 0 Å². The summed E-state index contributed by atoms with van der Waals surface area (Å²) in [4.78, 5) is 19.7. The van der Waals surface area contributed by atoms with E-state index in [1.807, 2.05) is 0 Å². The van der Waals surface area contributed by atoms with Gasteiger partial charge in [-0.15, -0.1) is 0 Å². The Labute approximate surface area is 198 Å². The summed E-state index contributed by atoms with van der Waals surface area (Å²) in [6.45, 7) is 1.32. The summed E-state index contributed by atoms with van der Waals surface area (Å²) >= 11 is 0. The predicted molar refractivity (Wildman–Crippen MR) is 126 cm³/mol. The molecule has 4 aromatic rings. The SMILES string of the molecule is CC(=O)Nc1ccc(S(=O)(=O)Nc2nc3ccccc3nc2Nc2cccc(C(F)(F)F)c2)cc1. The first-order valence-electron chi connectivity index (χ1n) is 10.1. The number of carbonyl (C=O) groups is 1. The highest BCUT2D eigenvalue weighted by molar-refractivity contribution is 7.92. The number of carbonyl (C=O) groups excluding carboxylic acids is 1. The zero-order chi connectivity index (χ0) is 25.2. The minimum atomic E-state index is -4.55. The van der Waals surface area contributed by atoms with Gasteiger partial charge in [-0.2, -0.15) is 13.2 Å². The fraction of sp³-hybridized carbons (Fsp3) is 0.0870. The van der Waals surface area contributed by atoms with Gasteiger partial charge in [-0.05, 0) is 54.6 Å². The molecule has 12 heteroatoms. The lowest BCUT2D eigenvalue weighted by atomic mass is 10.2. The van der Waals surface area contributed by atoms with Crippen LogP contribution in [-0.4, -0.2) is 24.3 Å². The number of aromatic nitrogens is 2. The highest BCUT2D eigenvalue weighted by Gasteiger charge is 2.30. The predicted octanol–water partition coefficient (Wildman–Crippen LogP) is 5.15. The van der Waals surface area contributed by atoms with Crippen molar-refractivity contribution in [1.82, 2.24) is 9.97 Å². The van der Waals surface area contributed by atoms with Crippen molar-refractivity contribution in [3.63, 3.8) is 0 Å². The molecule has 180 valence electrons. The van der Waals surface area contributed by atoms with Gasteiger partial charge in [0.15, 0.2) is 11.6 Å². The first-order chi connectivity index (χ1) is 16.5. The minimum Gasteiger partial charge on any atom is -0.337 e. The molecule has 8 nitrogen and oxygen atoms in total. The van der Waals surface area contributed by atoms with E-state index in [9.17, 15) is 26.4 Å².